The van der Waals surface area contributed by atoms with Crippen LogP contribution >= 0.6 is 0 Å². The van der Waals surface area contributed by atoms with Gasteiger partial charge in [0.15, 0.2) is 17.2 Å². The molecule has 0 aromatic rings. The lowest BCUT2D eigenvalue weighted by Gasteiger charge is -2.27. The van der Waals surface area contributed by atoms with E-state index in [1.807, 2.05) is 0 Å². The Hall–Kier alpha value is -1.72. The van der Waals surface area contributed by atoms with Crippen molar-refractivity contribution in [1.82, 2.24) is 0 Å². The molecule has 1 aliphatic heterocycles. The number of carbonyl (C=O) groups excluding carboxylic acids is 2. The fourth-order valence-electron chi connectivity index (χ4n) is 2.41. The number of allylic oxidation sites excluding steroid dienone is 3. The van der Waals surface area contributed by atoms with Gasteiger partial charge in [-0.3, -0.25) is 9.59 Å². The van der Waals surface area contributed by atoms with Crippen molar-refractivity contribution in [3.63, 3.8) is 0 Å². The third-order valence-electron chi connectivity index (χ3n) is 3.55. The molecule has 2 aliphatic rings. The molecule has 3 atom stereocenters. The molecule has 2 rings (SSSR count). The van der Waals surface area contributed by atoms with Gasteiger partial charge in [0.25, 0.3) is 0 Å². The molecule has 1 fully saturated rings. The van der Waals surface area contributed by atoms with Crippen LogP contribution in [0.4, 0.5) is 0 Å². The van der Waals surface area contributed by atoms with Gasteiger partial charge in [-0.25, -0.2) is 0 Å². The van der Waals surface area contributed by atoms with Crippen molar-refractivity contribution in [3.8, 4) is 0 Å². The van der Waals surface area contributed by atoms with Gasteiger partial charge in [-0.1, -0.05) is 18.2 Å². The number of aliphatic hydroxyl groups excluding tert-OH is 1. The normalized spacial score (nSPS) is 38.1. The van der Waals surface area contributed by atoms with E-state index >= 15 is 0 Å². The minimum Gasteiger partial charge on any atom is -0.508 e. The van der Waals surface area contributed by atoms with E-state index < -0.39 is 34.6 Å². The van der Waals surface area contributed by atoms with Crippen LogP contribution in [0.3, 0.4) is 0 Å². The second kappa shape index (κ2) is 4.15. The first kappa shape index (κ1) is 13.7. The van der Waals surface area contributed by atoms with Crippen LogP contribution in [0.5, 0.6) is 0 Å². The van der Waals surface area contributed by atoms with E-state index in [9.17, 15) is 19.8 Å². The number of epoxide rings is 1. The van der Waals surface area contributed by atoms with Crippen LogP contribution in [-0.4, -0.2) is 39.1 Å². The zero-order valence-electron chi connectivity index (χ0n) is 11.0. The Morgan fingerprint density at radius 1 is 1.42 bits per heavy atom. The number of fused-ring (bicyclic) bond motifs is 1. The molecule has 0 radical (unpaired) electrons. The average Bonchev–Trinajstić information content (AvgIpc) is 3.12. The van der Waals surface area contributed by atoms with E-state index in [0.717, 1.165) is 0 Å². The van der Waals surface area contributed by atoms with Crippen LogP contribution < -0.4 is 0 Å². The van der Waals surface area contributed by atoms with E-state index in [1.54, 1.807) is 19.1 Å². The fourth-order valence-corrected chi connectivity index (χ4v) is 2.41. The number of hydrogen-bond acceptors (Lipinski definition) is 5. The lowest BCUT2D eigenvalue weighted by atomic mass is 9.76. The molecule has 0 aromatic carbocycles. The molecule has 1 unspecified atom stereocenters. The molecule has 5 nitrogen and oxygen atoms in total. The molecule has 102 valence electrons. The number of rotatable bonds is 3. The monoisotopic (exact) mass is 264 g/mol. The molecule has 2 N–H and O–H groups in total. The minimum absolute atomic E-state index is 0.0356. The summed E-state index contributed by atoms with van der Waals surface area (Å²) in [5, 5.41) is 20.1. The van der Waals surface area contributed by atoms with E-state index in [1.165, 1.54) is 26.0 Å². The van der Waals surface area contributed by atoms with Gasteiger partial charge in [-0.15, -0.1) is 0 Å². The third-order valence-corrected chi connectivity index (χ3v) is 3.55. The largest absolute Gasteiger partial charge is 0.508 e. The Morgan fingerprint density at radius 2 is 2.05 bits per heavy atom. The zero-order chi connectivity index (χ0) is 14.4. The lowest BCUT2D eigenvalue weighted by Crippen LogP contribution is -2.51. The van der Waals surface area contributed by atoms with Crippen LogP contribution in [0, 0.1) is 0 Å². The van der Waals surface area contributed by atoms with Crippen LogP contribution in [0.2, 0.25) is 0 Å². The molecular weight excluding hydrogens is 248 g/mol. The quantitative estimate of drug-likeness (QED) is 0.451. The predicted octanol–water partition coefficient (Wildman–Crippen LogP) is 0.991. The molecule has 1 saturated heterocycles. The van der Waals surface area contributed by atoms with Crippen molar-refractivity contribution in [2.75, 3.05) is 0 Å². The van der Waals surface area contributed by atoms with Gasteiger partial charge in [0, 0.05) is 5.57 Å². The van der Waals surface area contributed by atoms with Gasteiger partial charge in [0.05, 0.1) is 0 Å². The maximum Gasteiger partial charge on any atom is 0.217 e. The third kappa shape index (κ3) is 1.69. The first-order valence-electron chi connectivity index (χ1n) is 5.99. The number of ketones is 2. The highest BCUT2D eigenvalue weighted by Gasteiger charge is 2.75. The van der Waals surface area contributed by atoms with E-state index in [0.29, 0.717) is 0 Å². The number of carbonyl (C=O) groups is 2. The molecule has 0 aromatic heterocycles. The van der Waals surface area contributed by atoms with Gasteiger partial charge in [-0.05, 0) is 26.8 Å². The highest BCUT2D eigenvalue weighted by molar-refractivity contribution is 6.11. The van der Waals surface area contributed by atoms with Gasteiger partial charge in [0.2, 0.25) is 5.60 Å². The van der Waals surface area contributed by atoms with Crippen molar-refractivity contribution >= 4 is 11.6 Å². The van der Waals surface area contributed by atoms with E-state index in [4.69, 9.17) is 4.74 Å². The zero-order valence-corrected chi connectivity index (χ0v) is 11.0. The fraction of sp³-hybridized carbons (Fsp3) is 0.429. The van der Waals surface area contributed by atoms with Gasteiger partial charge in [0.1, 0.15) is 11.9 Å². The summed E-state index contributed by atoms with van der Waals surface area (Å²) in [6.45, 7) is 4.46. The van der Waals surface area contributed by atoms with Crippen molar-refractivity contribution < 1.29 is 24.5 Å². The summed E-state index contributed by atoms with van der Waals surface area (Å²) < 4.78 is 5.22. The summed E-state index contributed by atoms with van der Waals surface area (Å²) in [4.78, 5) is 24.0. The van der Waals surface area contributed by atoms with Crippen LogP contribution in [-0.2, 0) is 14.3 Å². The number of hydrogen-bond donors (Lipinski definition) is 2. The predicted molar refractivity (Wildman–Crippen MR) is 67.5 cm³/mol. The van der Waals surface area contributed by atoms with E-state index in [2.05, 4.69) is 0 Å². The Balaban J connectivity index is 2.42. The topological polar surface area (TPSA) is 87.1 Å². The Labute approximate surface area is 110 Å². The second-order valence-corrected chi connectivity index (χ2v) is 4.93. The molecule has 1 aliphatic carbocycles. The van der Waals surface area contributed by atoms with Crippen LogP contribution in [0.25, 0.3) is 0 Å². The first-order valence-corrected chi connectivity index (χ1v) is 5.99. The molecule has 19 heavy (non-hydrogen) atoms. The van der Waals surface area contributed by atoms with Gasteiger partial charge >= 0.3 is 0 Å². The van der Waals surface area contributed by atoms with Crippen LogP contribution in [0.1, 0.15) is 20.8 Å². The summed E-state index contributed by atoms with van der Waals surface area (Å²) >= 11 is 0. The Morgan fingerprint density at radius 3 is 2.63 bits per heavy atom. The molecule has 0 spiro atoms. The SMILES string of the molecule is C/C=C/C=C/C(=O)[C@@]12O[C@@H]1C(C)(O)C(=O)C(C)=C2O. The maximum atomic E-state index is 12.1. The second-order valence-electron chi connectivity index (χ2n) is 4.93. The number of Topliss-reactive ketones (excluding diaryl/α,β-unsaturated/α-hetero) is 1. The average molecular weight is 264 g/mol. The highest BCUT2D eigenvalue weighted by atomic mass is 16.6. The van der Waals surface area contributed by atoms with E-state index in [-0.39, 0.29) is 5.57 Å². The summed E-state index contributed by atoms with van der Waals surface area (Å²) in [5.74, 6) is -1.50. The summed E-state index contributed by atoms with van der Waals surface area (Å²) in [6, 6.07) is 0. The molecule has 0 saturated carbocycles. The van der Waals surface area contributed by atoms with Gasteiger partial charge in [-0.2, -0.15) is 0 Å². The lowest BCUT2D eigenvalue weighted by molar-refractivity contribution is -0.134. The summed E-state index contributed by atoms with van der Waals surface area (Å²) in [7, 11) is 0. The van der Waals surface area contributed by atoms with Crippen molar-refractivity contribution in [3.05, 3.63) is 35.6 Å². The smallest absolute Gasteiger partial charge is 0.217 e. The highest BCUT2D eigenvalue weighted by Crippen LogP contribution is 2.53. The molecule has 0 bridgehead atoms. The summed E-state index contributed by atoms with van der Waals surface area (Å²) in [6.07, 6.45) is 5.15. The number of aliphatic hydroxyl groups is 2. The Bertz CT molecular complexity index is 538. The Kier molecular flexibility index (Phi) is 2.99. The molecule has 1 heterocycles. The number of ether oxygens (including phenoxy) is 1. The molecule has 0 amide bonds. The molecular formula is C14H16O5. The van der Waals surface area contributed by atoms with Gasteiger partial charge < -0.3 is 14.9 Å². The minimum atomic E-state index is -1.79. The maximum absolute atomic E-state index is 12.1. The van der Waals surface area contributed by atoms with Crippen molar-refractivity contribution in [1.29, 1.82) is 0 Å². The van der Waals surface area contributed by atoms with Crippen molar-refractivity contribution in [2.45, 2.75) is 38.1 Å². The van der Waals surface area contributed by atoms with Crippen molar-refractivity contribution in [2.24, 2.45) is 0 Å². The first-order chi connectivity index (χ1) is 8.80. The summed E-state index contributed by atoms with van der Waals surface area (Å²) in [5.41, 5.74) is -3.42. The van der Waals surface area contributed by atoms with Crippen LogP contribution in [0.15, 0.2) is 35.6 Å². The standard InChI is InChI=1S/C14H16O5/c1-4-5-6-7-9(15)14-11(17)8(2)10(16)13(3,18)12(14)19-14/h4-7,12,17-18H,1-3H3/b5-4+,7-6+/t12-,13?,14+/m1/s1. The molecule has 5 heteroatoms.